The molecule has 18 heavy (non-hydrogen) atoms. The van der Waals surface area contributed by atoms with E-state index in [2.05, 4.69) is 35.1 Å². The quantitative estimate of drug-likeness (QED) is 0.819. The molecule has 0 aromatic heterocycles. The van der Waals surface area contributed by atoms with E-state index >= 15 is 0 Å². The average molecular weight is 320 g/mol. The molecule has 1 N–H and O–H groups in total. The Morgan fingerprint density at radius 3 is 2.39 bits per heavy atom. The highest BCUT2D eigenvalue weighted by atomic mass is 79.9. The van der Waals surface area contributed by atoms with E-state index in [1.165, 1.54) is 0 Å². The molecule has 1 aromatic carbocycles. The molecule has 1 rings (SSSR count). The molecule has 0 saturated carbocycles. The summed E-state index contributed by atoms with van der Waals surface area (Å²) in [5, 5.41) is 2.52. The predicted molar refractivity (Wildman–Crippen MR) is 70.5 cm³/mol. The zero-order chi connectivity index (χ0) is 13.7. The monoisotopic (exact) mass is 319 g/mol. The van der Waals surface area contributed by atoms with Gasteiger partial charge in [-0.1, -0.05) is 29.8 Å². The molecule has 0 bridgehead atoms. The minimum atomic E-state index is -0.858. The molecule has 0 aliphatic carbocycles. The second kappa shape index (κ2) is 6.83. The van der Waals surface area contributed by atoms with Gasteiger partial charge in [0.05, 0.1) is 0 Å². The van der Waals surface area contributed by atoms with Gasteiger partial charge in [0, 0.05) is 11.0 Å². The summed E-state index contributed by atoms with van der Waals surface area (Å²) in [6, 6.07) is 2.15. The average Bonchev–Trinajstić information content (AvgIpc) is 2.22. The summed E-state index contributed by atoms with van der Waals surface area (Å²) in [5.74, 6) is -1.88. The highest BCUT2D eigenvalue weighted by molar-refractivity contribution is 9.10. The van der Waals surface area contributed by atoms with Crippen molar-refractivity contribution in [1.82, 2.24) is 5.32 Å². The van der Waals surface area contributed by atoms with Crippen molar-refractivity contribution in [2.24, 2.45) is 5.92 Å². The molecule has 0 radical (unpaired) electrons. The van der Waals surface area contributed by atoms with E-state index in [4.69, 9.17) is 0 Å². The Morgan fingerprint density at radius 1 is 1.33 bits per heavy atom. The van der Waals surface area contributed by atoms with Gasteiger partial charge in [-0.3, -0.25) is 4.79 Å². The zero-order valence-corrected chi connectivity index (χ0v) is 12.0. The Hall–Kier alpha value is -0.970. The number of rotatable bonds is 5. The molecule has 1 amide bonds. The highest BCUT2D eigenvalue weighted by Gasteiger charge is 2.17. The predicted octanol–water partition coefficient (Wildman–Crippen LogP) is 3.89. The second-order valence-electron chi connectivity index (χ2n) is 4.54. The van der Waals surface area contributed by atoms with E-state index in [9.17, 15) is 13.6 Å². The fraction of sp³-hybridized carbons (Fsp3) is 0.462. The third kappa shape index (κ3) is 4.37. The van der Waals surface area contributed by atoms with E-state index < -0.39 is 23.1 Å². The number of carbonyl (C=O) groups excluding carboxylic acids is 1. The number of carbonyl (C=O) groups is 1. The molecule has 0 aliphatic rings. The van der Waals surface area contributed by atoms with Gasteiger partial charge in [0.2, 0.25) is 0 Å². The molecule has 0 fully saturated rings. The molecule has 1 aromatic rings. The van der Waals surface area contributed by atoms with Crippen molar-refractivity contribution in [3.05, 3.63) is 33.8 Å². The van der Waals surface area contributed by atoms with Gasteiger partial charge in [0.25, 0.3) is 5.91 Å². The lowest BCUT2D eigenvalue weighted by atomic mass is 10.1. The van der Waals surface area contributed by atoms with Gasteiger partial charge >= 0.3 is 0 Å². The van der Waals surface area contributed by atoms with E-state index in [0.29, 0.717) is 12.5 Å². The van der Waals surface area contributed by atoms with Gasteiger partial charge in [0.1, 0.15) is 17.2 Å². The lowest BCUT2D eigenvalue weighted by Crippen LogP contribution is -2.26. The van der Waals surface area contributed by atoms with Crippen LogP contribution >= 0.6 is 15.9 Å². The van der Waals surface area contributed by atoms with Crippen LogP contribution in [0.4, 0.5) is 8.78 Å². The Kier molecular flexibility index (Phi) is 5.72. The number of halogens is 3. The number of nitrogens with one attached hydrogen (secondary N) is 1. The Balaban J connectivity index is 2.62. The zero-order valence-electron chi connectivity index (χ0n) is 10.4. The van der Waals surface area contributed by atoms with Crippen LogP contribution < -0.4 is 5.32 Å². The van der Waals surface area contributed by atoms with Gasteiger partial charge < -0.3 is 5.32 Å². The number of benzene rings is 1. The van der Waals surface area contributed by atoms with Crippen LogP contribution in [-0.2, 0) is 0 Å². The normalized spacial score (nSPS) is 10.8. The van der Waals surface area contributed by atoms with Crippen LogP contribution in [-0.4, -0.2) is 12.5 Å². The first kappa shape index (κ1) is 15.1. The summed E-state index contributed by atoms with van der Waals surface area (Å²) in [6.45, 7) is 4.58. The van der Waals surface area contributed by atoms with Crippen LogP contribution in [0.3, 0.4) is 0 Å². The first-order valence-electron chi connectivity index (χ1n) is 5.84. The fourth-order valence-electron chi connectivity index (χ4n) is 1.56. The first-order valence-corrected chi connectivity index (χ1v) is 6.64. The molecule has 0 aliphatic heterocycles. The highest BCUT2D eigenvalue weighted by Crippen LogP contribution is 2.19. The third-order valence-corrected chi connectivity index (χ3v) is 2.94. The fourth-order valence-corrected chi connectivity index (χ4v) is 1.96. The van der Waals surface area contributed by atoms with Crippen molar-refractivity contribution in [1.29, 1.82) is 0 Å². The first-order chi connectivity index (χ1) is 8.41. The van der Waals surface area contributed by atoms with Gasteiger partial charge in [-0.2, -0.15) is 0 Å². The van der Waals surface area contributed by atoms with E-state index in [1.54, 1.807) is 0 Å². The molecule has 100 valence electrons. The summed E-state index contributed by atoms with van der Waals surface area (Å²) < 4.78 is 27.2. The van der Waals surface area contributed by atoms with Gasteiger partial charge in [-0.15, -0.1) is 0 Å². The van der Waals surface area contributed by atoms with Crippen molar-refractivity contribution in [2.75, 3.05) is 6.54 Å². The molecule has 0 saturated heterocycles. The minimum Gasteiger partial charge on any atom is -0.352 e. The summed E-state index contributed by atoms with van der Waals surface area (Å²) in [7, 11) is 0. The van der Waals surface area contributed by atoms with Gasteiger partial charge in [-0.25, -0.2) is 8.78 Å². The summed E-state index contributed by atoms with van der Waals surface area (Å²) in [6.07, 6.45) is 1.76. The van der Waals surface area contributed by atoms with E-state index in [1.807, 2.05) is 0 Å². The van der Waals surface area contributed by atoms with Gasteiger partial charge in [0.15, 0.2) is 0 Å². The SMILES string of the molecule is CC(C)CCCNC(=O)c1c(F)cc(Br)cc1F. The summed E-state index contributed by atoms with van der Waals surface area (Å²) >= 11 is 2.96. The van der Waals surface area contributed by atoms with Crippen LogP contribution in [0.2, 0.25) is 0 Å². The molecular formula is C13H16BrF2NO. The molecule has 0 spiro atoms. The smallest absolute Gasteiger partial charge is 0.257 e. The Labute approximate surface area is 114 Å². The van der Waals surface area contributed by atoms with Crippen molar-refractivity contribution in [2.45, 2.75) is 26.7 Å². The lowest BCUT2D eigenvalue weighted by molar-refractivity contribution is 0.0944. The van der Waals surface area contributed by atoms with Crippen LogP contribution in [0.15, 0.2) is 16.6 Å². The molecule has 0 heterocycles. The molecule has 2 nitrogen and oxygen atoms in total. The summed E-state index contributed by atoms with van der Waals surface area (Å²) in [5.41, 5.74) is -0.525. The largest absolute Gasteiger partial charge is 0.352 e. The maximum Gasteiger partial charge on any atom is 0.257 e. The third-order valence-electron chi connectivity index (χ3n) is 2.48. The van der Waals surface area contributed by atoms with E-state index in [-0.39, 0.29) is 4.47 Å². The Bertz CT molecular complexity index is 412. The molecular weight excluding hydrogens is 304 g/mol. The van der Waals surface area contributed by atoms with Crippen LogP contribution in [0.5, 0.6) is 0 Å². The standard InChI is InChI=1S/C13H16BrF2NO/c1-8(2)4-3-5-17-13(18)12-10(15)6-9(14)7-11(12)16/h6-8H,3-5H2,1-2H3,(H,17,18). The van der Waals surface area contributed by atoms with Crippen LogP contribution in [0.1, 0.15) is 37.0 Å². The van der Waals surface area contributed by atoms with Crippen molar-refractivity contribution in [3.63, 3.8) is 0 Å². The van der Waals surface area contributed by atoms with Gasteiger partial charge in [-0.05, 0) is 30.9 Å². The number of hydrogen-bond donors (Lipinski definition) is 1. The Morgan fingerprint density at radius 2 is 1.89 bits per heavy atom. The summed E-state index contributed by atoms with van der Waals surface area (Å²) in [4.78, 5) is 11.6. The maximum absolute atomic E-state index is 13.5. The van der Waals surface area contributed by atoms with E-state index in [0.717, 1.165) is 25.0 Å². The minimum absolute atomic E-state index is 0.272. The number of hydrogen-bond acceptors (Lipinski definition) is 1. The lowest BCUT2D eigenvalue weighted by Gasteiger charge is -2.08. The van der Waals surface area contributed by atoms with Crippen molar-refractivity contribution >= 4 is 21.8 Å². The topological polar surface area (TPSA) is 29.1 Å². The molecule has 5 heteroatoms. The maximum atomic E-state index is 13.5. The van der Waals surface area contributed by atoms with Crippen LogP contribution in [0.25, 0.3) is 0 Å². The van der Waals surface area contributed by atoms with Crippen molar-refractivity contribution in [3.8, 4) is 0 Å². The van der Waals surface area contributed by atoms with Crippen LogP contribution in [0, 0.1) is 17.6 Å². The molecule has 0 unspecified atom stereocenters. The number of amides is 1. The molecule has 0 atom stereocenters. The van der Waals surface area contributed by atoms with Crippen molar-refractivity contribution < 1.29 is 13.6 Å². The second-order valence-corrected chi connectivity index (χ2v) is 5.45.